The number of fused-ring (bicyclic) bond motifs is 1. The van der Waals surface area contributed by atoms with Crippen LogP contribution in [0.15, 0.2) is 0 Å². The van der Waals surface area contributed by atoms with Crippen molar-refractivity contribution >= 4 is 5.97 Å². The molecule has 3 unspecified atom stereocenters. The van der Waals surface area contributed by atoms with Crippen LogP contribution in [-0.4, -0.2) is 60.1 Å². The second-order valence-corrected chi connectivity index (χ2v) is 6.65. The number of rotatable bonds is 4. The van der Waals surface area contributed by atoms with Crippen molar-refractivity contribution in [2.45, 2.75) is 64.1 Å². The summed E-state index contributed by atoms with van der Waals surface area (Å²) in [5.41, 5.74) is 0. The summed E-state index contributed by atoms with van der Waals surface area (Å²) in [7, 11) is 0. The minimum absolute atomic E-state index is 0.0548. The molecule has 0 aromatic rings. The highest BCUT2D eigenvalue weighted by Gasteiger charge is 2.43. The fourth-order valence-electron chi connectivity index (χ4n) is 4.09. The van der Waals surface area contributed by atoms with Gasteiger partial charge in [0.15, 0.2) is 0 Å². The number of hydrogen-bond acceptors (Lipinski definition) is 4. The molecule has 3 rings (SSSR count). The van der Waals surface area contributed by atoms with E-state index in [1.165, 1.54) is 38.6 Å². The van der Waals surface area contributed by atoms with Gasteiger partial charge in [0, 0.05) is 25.2 Å². The lowest BCUT2D eigenvalue weighted by Crippen LogP contribution is -2.57. The van der Waals surface area contributed by atoms with E-state index >= 15 is 0 Å². The maximum atomic E-state index is 11.9. The molecule has 2 aliphatic heterocycles. The minimum Gasteiger partial charge on any atom is -0.465 e. The summed E-state index contributed by atoms with van der Waals surface area (Å²) >= 11 is 0. The number of piperidine rings is 2. The van der Waals surface area contributed by atoms with Gasteiger partial charge in [-0.1, -0.05) is 0 Å². The molecule has 0 amide bonds. The molecule has 0 spiro atoms. The Morgan fingerprint density at radius 3 is 2.75 bits per heavy atom. The van der Waals surface area contributed by atoms with E-state index in [1.54, 1.807) is 0 Å². The molecule has 4 heteroatoms. The highest BCUT2D eigenvalue weighted by molar-refractivity contribution is 5.75. The number of hydrogen-bond donors (Lipinski definition) is 0. The van der Waals surface area contributed by atoms with Crippen molar-refractivity contribution in [3.8, 4) is 0 Å². The molecule has 3 atom stereocenters. The van der Waals surface area contributed by atoms with Crippen molar-refractivity contribution in [1.82, 2.24) is 9.80 Å². The lowest BCUT2D eigenvalue weighted by molar-refractivity contribution is -0.150. The van der Waals surface area contributed by atoms with Crippen LogP contribution in [0.4, 0.5) is 0 Å². The zero-order valence-corrected chi connectivity index (χ0v) is 12.9. The van der Waals surface area contributed by atoms with Gasteiger partial charge in [0.05, 0.1) is 6.61 Å². The fourth-order valence-corrected chi connectivity index (χ4v) is 4.09. The molecule has 0 bridgehead atoms. The Balaban J connectivity index is 1.59. The van der Waals surface area contributed by atoms with Crippen LogP contribution in [0.1, 0.15) is 46.0 Å². The van der Waals surface area contributed by atoms with E-state index in [1.807, 2.05) is 13.8 Å². The van der Waals surface area contributed by atoms with Crippen molar-refractivity contribution in [1.29, 1.82) is 0 Å². The van der Waals surface area contributed by atoms with Crippen LogP contribution in [0.3, 0.4) is 0 Å². The first-order chi connectivity index (χ1) is 9.70. The third kappa shape index (κ3) is 2.86. The number of esters is 1. The second-order valence-electron chi connectivity index (χ2n) is 6.65. The Labute approximate surface area is 122 Å². The summed E-state index contributed by atoms with van der Waals surface area (Å²) in [6.45, 7) is 7.79. The first-order valence-corrected chi connectivity index (χ1v) is 8.37. The van der Waals surface area contributed by atoms with Crippen LogP contribution in [0.5, 0.6) is 0 Å². The molecular formula is C16H28N2O2. The SMILES string of the molecule is CCOC(=O)C(C)N1CCC2C(CCCN2C2CC2)C1. The van der Waals surface area contributed by atoms with Crippen LogP contribution in [0, 0.1) is 5.92 Å². The van der Waals surface area contributed by atoms with Gasteiger partial charge >= 0.3 is 5.97 Å². The Hall–Kier alpha value is -0.610. The molecule has 3 fully saturated rings. The Morgan fingerprint density at radius 1 is 1.25 bits per heavy atom. The molecule has 3 aliphatic rings. The van der Waals surface area contributed by atoms with Gasteiger partial charge in [-0.25, -0.2) is 0 Å². The fraction of sp³-hybridized carbons (Fsp3) is 0.938. The van der Waals surface area contributed by atoms with E-state index in [2.05, 4.69) is 9.80 Å². The molecular weight excluding hydrogens is 252 g/mol. The van der Waals surface area contributed by atoms with E-state index in [9.17, 15) is 4.79 Å². The number of carbonyl (C=O) groups is 1. The number of ether oxygens (including phenoxy) is 1. The first-order valence-electron chi connectivity index (χ1n) is 8.37. The lowest BCUT2D eigenvalue weighted by Gasteiger charge is -2.48. The summed E-state index contributed by atoms with van der Waals surface area (Å²) in [6, 6.07) is 1.59. The highest BCUT2D eigenvalue weighted by atomic mass is 16.5. The average Bonchev–Trinajstić information content (AvgIpc) is 3.30. The standard InChI is InChI=1S/C16H28N2O2/c1-3-20-16(19)12(2)17-10-8-15-13(11-17)5-4-9-18(15)14-6-7-14/h12-15H,3-11H2,1-2H3. The van der Waals surface area contributed by atoms with Gasteiger partial charge in [0.1, 0.15) is 6.04 Å². The Bertz CT molecular complexity index is 356. The smallest absolute Gasteiger partial charge is 0.323 e. The summed E-state index contributed by atoms with van der Waals surface area (Å²) in [5.74, 6) is 0.704. The lowest BCUT2D eigenvalue weighted by atomic mass is 9.83. The molecule has 2 saturated heterocycles. The summed E-state index contributed by atoms with van der Waals surface area (Å²) in [6.07, 6.45) is 6.71. The van der Waals surface area contributed by atoms with E-state index in [4.69, 9.17) is 4.74 Å². The highest BCUT2D eigenvalue weighted by Crippen LogP contribution is 2.38. The minimum atomic E-state index is -0.0767. The van der Waals surface area contributed by atoms with Gasteiger partial charge in [0.2, 0.25) is 0 Å². The third-order valence-corrected chi connectivity index (χ3v) is 5.33. The third-order valence-electron chi connectivity index (χ3n) is 5.33. The molecule has 1 saturated carbocycles. The van der Waals surface area contributed by atoms with Crippen LogP contribution < -0.4 is 0 Å². The molecule has 20 heavy (non-hydrogen) atoms. The van der Waals surface area contributed by atoms with Gasteiger partial charge in [-0.2, -0.15) is 0 Å². The predicted octanol–water partition coefficient (Wildman–Crippen LogP) is 1.89. The number of carbonyl (C=O) groups excluding carboxylic acids is 1. The molecule has 4 nitrogen and oxygen atoms in total. The number of likely N-dealkylation sites (tertiary alicyclic amines) is 2. The molecule has 114 valence electrons. The van der Waals surface area contributed by atoms with Gasteiger partial charge in [0.25, 0.3) is 0 Å². The topological polar surface area (TPSA) is 32.8 Å². The predicted molar refractivity (Wildman–Crippen MR) is 78.5 cm³/mol. The van der Waals surface area contributed by atoms with Gasteiger partial charge in [-0.05, 0) is 58.4 Å². The van der Waals surface area contributed by atoms with Crippen molar-refractivity contribution in [2.24, 2.45) is 5.92 Å². The van der Waals surface area contributed by atoms with Crippen molar-refractivity contribution in [3.63, 3.8) is 0 Å². The average molecular weight is 280 g/mol. The quantitative estimate of drug-likeness (QED) is 0.736. The van der Waals surface area contributed by atoms with Crippen LogP contribution >= 0.6 is 0 Å². The summed E-state index contributed by atoms with van der Waals surface area (Å²) in [5, 5.41) is 0. The maximum Gasteiger partial charge on any atom is 0.323 e. The van der Waals surface area contributed by atoms with Crippen molar-refractivity contribution in [3.05, 3.63) is 0 Å². The zero-order valence-electron chi connectivity index (χ0n) is 12.9. The van der Waals surface area contributed by atoms with Gasteiger partial charge in [-0.15, -0.1) is 0 Å². The van der Waals surface area contributed by atoms with E-state index in [-0.39, 0.29) is 12.0 Å². The van der Waals surface area contributed by atoms with Crippen molar-refractivity contribution in [2.75, 3.05) is 26.2 Å². The summed E-state index contributed by atoms with van der Waals surface area (Å²) < 4.78 is 5.17. The van der Waals surface area contributed by atoms with Crippen molar-refractivity contribution < 1.29 is 9.53 Å². The largest absolute Gasteiger partial charge is 0.465 e. The molecule has 1 aliphatic carbocycles. The zero-order chi connectivity index (χ0) is 14.1. The second kappa shape index (κ2) is 6.02. The first kappa shape index (κ1) is 14.3. The molecule has 0 aromatic carbocycles. The number of nitrogens with zero attached hydrogens (tertiary/aromatic N) is 2. The maximum absolute atomic E-state index is 11.9. The molecule has 0 radical (unpaired) electrons. The van der Waals surface area contributed by atoms with Crippen LogP contribution in [0.25, 0.3) is 0 Å². The normalized spacial score (nSPS) is 33.5. The van der Waals surface area contributed by atoms with Gasteiger partial charge in [-0.3, -0.25) is 14.6 Å². The van der Waals surface area contributed by atoms with E-state index in [0.717, 1.165) is 31.1 Å². The van der Waals surface area contributed by atoms with Crippen LogP contribution in [0.2, 0.25) is 0 Å². The van der Waals surface area contributed by atoms with Crippen LogP contribution in [-0.2, 0) is 9.53 Å². The monoisotopic (exact) mass is 280 g/mol. The summed E-state index contributed by atoms with van der Waals surface area (Å²) in [4.78, 5) is 17.0. The Morgan fingerprint density at radius 2 is 2.05 bits per heavy atom. The molecule has 0 aromatic heterocycles. The van der Waals surface area contributed by atoms with Gasteiger partial charge < -0.3 is 4.74 Å². The van der Waals surface area contributed by atoms with E-state index in [0.29, 0.717) is 6.61 Å². The Kier molecular flexibility index (Phi) is 4.32. The van der Waals surface area contributed by atoms with E-state index < -0.39 is 0 Å². The molecule has 0 N–H and O–H groups in total. The molecule has 2 heterocycles.